The number of nitrogens with zero attached hydrogens (tertiary/aromatic N) is 1. The van der Waals surface area contributed by atoms with Crippen molar-refractivity contribution >= 4 is 23.2 Å². The lowest BCUT2D eigenvalue weighted by Gasteiger charge is -2.36. The van der Waals surface area contributed by atoms with Gasteiger partial charge in [0.05, 0.1) is 0 Å². The summed E-state index contributed by atoms with van der Waals surface area (Å²) in [5.41, 5.74) is 7.68. The maximum Gasteiger partial charge on any atom is 0.240 e. The molecule has 0 bridgehead atoms. The van der Waals surface area contributed by atoms with Crippen molar-refractivity contribution in [2.24, 2.45) is 5.73 Å². The third kappa shape index (κ3) is 3.19. The topological polar surface area (TPSA) is 58.4 Å². The highest BCUT2D eigenvalue weighted by atomic mass is 35.5. The highest BCUT2D eigenvalue weighted by Crippen LogP contribution is 2.30. The molecule has 1 amide bonds. The number of primary amides is 1. The fourth-order valence-electron chi connectivity index (χ4n) is 2.68. The van der Waals surface area contributed by atoms with Crippen LogP contribution in [0.25, 0.3) is 0 Å². The largest absolute Gasteiger partial charge is 0.368 e. The average Bonchev–Trinajstić information content (AvgIpc) is 2.39. The van der Waals surface area contributed by atoms with E-state index in [1.165, 1.54) is 0 Å². The Morgan fingerprint density at radius 2 is 2.32 bits per heavy atom. The minimum absolute atomic E-state index is 0.203. The molecule has 3 N–H and O–H groups in total. The summed E-state index contributed by atoms with van der Waals surface area (Å²) >= 11 is 6.05. The summed E-state index contributed by atoms with van der Waals surface area (Å²) in [6, 6.07) is 5.59. The third-order valence-electron chi connectivity index (χ3n) is 3.55. The van der Waals surface area contributed by atoms with E-state index in [0.29, 0.717) is 5.02 Å². The monoisotopic (exact) mass is 281 g/mol. The molecule has 1 atom stereocenters. The molecule has 1 saturated heterocycles. The lowest BCUT2D eigenvalue weighted by atomic mass is 9.99. The normalized spacial score (nSPS) is 19.5. The summed E-state index contributed by atoms with van der Waals surface area (Å²) in [5.74, 6) is -0.245. The van der Waals surface area contributed by atoms with Gasteiger partial charge in [-0.3, -0.25) is 4.79 Å². The van der Waals surface area contributed by atoms with Crippen LogP contribution in [0.1, 0.15) is 24.8 Å². The molecule has 2 rings (SSSR count). The number of hydrogen-bond acceptors (Lipinski definition) is 3. The van der Waals surface area contributed by atoms with Crippen molar-refractivity contribution in [3.05, 3.63) is 28.8 Å². The molecule has 19 heavy (non-hydrogen) atoms. The first-order valence-electron chi connectivity index (χ1n) is 6.62. The third-order valence-corrected chi connectivity index (χ3v) is 3.78. The molecular formula is C14H20ClN3O. The number of amides is 1. The van der Waals surface area contributed by atoms with Crippen LogP contribution in [0.5, 0.6) is 0 Å². The van der Waals surface area contributed by atoms with Crippen molar-refractivity contribution < 1.29 is 4.79 Å². The number of anilines is 1. The van der Waals surface area contributed by atoms with Gasteiger partial charge >= 0.3 is 0 Å². The van der Waals surface area contributed by atoms with Crippen LogP contribution in [0.15, 0.2) is 18.2 Å². The van der Waals surface area contributed by atoms with Crippen LogP contribution >= 0.6 is 11.6 Å². The van der Waals surface area contributed by atoms with Crippen LogP contribution in [-0.4, -0.2) is 25.5 Å². The highest BCUT2D eigenvalue weighted by molar-refractivity contribution is 6.30. The van der Waals surface area contributed by atoms with Crippen LogP contribution in [0.4, 0.5) is 5.69 Å². The van der Waals surface area contributed by atoms with E-state index in [1.54, 1.807) is 0 Å². The predicted molar refractivity (Wildman–Crippen MR) is 78.4 cm³/mol. The Hall–Kier alpha value is -1.26. The summed E-state index contributed by atoms with van der Waals surface area (Å²) in [6.07, 6.45) is 2.97. The maximum atomic E-state index is 11.6. The second-order valence-electron chi connectivity index (χ2n) is 4.91. The van der Waals surface area contributed by atoms with Crippen molar-refractivity contribution in [1.82, 2.24) is 5.32 Å². The first-order valence-corrected chi connectivity index (χ1v) is 7.00. The SMILES string of the molecule is CNCc1cc(Cl)ccc1N1CCCCC1C(N)=O. The van der Waals surface area contributed by atoms with Gasteiger partial charge in [0.25, 0.3) is 0 Å². The van der Waals surface area contributed by atoms with Crippen LogP contribution < -0.4 is 16.0 Å². The van der Waals surface area contributed by atoms with Gasteiger partial charge in [0.1, 0.15) is 6.04 Å². The number of carbonyl (C=O) groups excluding carboxylic acids is 1. The van der Waals surface area contributed by atoms with E-state index in [0.717, 1.165) is 43.6 Å². The smallest absolute Gasteiger partial charge is 0.240 e. The molecule has 0 aromatic heterocycles. The van der Waals surface area contributed by atoms with E-state index < -0.39 is 0 Å². The molecular weight excluding hydrogens is 262 g/mol. The molecule has 4 nitrogen and oxygen atoms in total. The molecule has 1 aromatic carbocycles. The van der Waals surface area contributed by atoms with E-state index in [1.807, 2.05) is 25.2 Å². The minimum Gasteiger partial charge on any atom is -0.368 e. The number of piperidine rings is 1. The zero-order valence-corrected chi connectivity index (χ0v) is 11.9. The van der Waals surface area contributed by atoms with Crippen LogP contribution in [0.3, 0.4) is 0 Å². The lowest BCUT2D eigenvalue weighted by Crippen LogP contribution is -2.48. The van der Waals surface area contributed by atoms with Gasteiger partial charge < -0.3 is 16.0 Å². The molecule has 1 heterocycles. The van der Waals surface area contributed by atoms with E-state index in [4.69, 9.17) is 17.3 Å². The van der Waals surface area contributed by atoms with Crippen molar-refractivity contribution in [2.45, 2.75) is 31.8 Å². The number of hydrogen-bond donors (Lipinski definition) is 2. The quantitative estimate of drug-likeness (QED) is 0.886. The van der Waals surface area contributed by atoms with Crippen molar-refractivity contribution in [3.8, 4) is 0 Å². The standard InChI is InChI=1S/C14H20ClN3O/c1-17-9-10-8-11(15)5-6-12(10)18-7-3-2-4-13(18)14(16)19/h5-6,8,13,17H,2-4,7,9H2,1H3,(H2,16,19). The van der Waals surface area contributed by atoms with E-state index >= 15 is 0 Å². The van der Waals surface area contributed by atoms with Crippen LogP contribution in [0.2, 0.25) is 5.02 Å². The van der Waals surface area contributed by atoms with Gasteiger partial charge in [-0.25, -0.2) is 0 Å². The fourth-order valence-corrected chi connectivity index (χ4v) is 2.88. The number of halogens is 1. The Morgan fingerprint density at radius 3 is 3.00 bits per heavy atom. The summed E-state index contributed by atoms with van der Waals surface area (Å²) in [5, 5.41) is 3.84. The molecule has 1 aromatic rings. The summed E-state index contributed by atoms with van der Waals surface area (Å²) in [7, 11) is 1.90. The van der Waals surface area contributed by atoms with Gasteiger partial charge in [-0.1, -0.05) is 11.6 Å². The van der Waals surface area contributed by atoms with Gasteiger partial charge in [0.15, 0.2) is 0 Å². The predicted octanol–water partition coefficient (Wildman–Crippen LogP) is 1.90. The van der Waals surface area contributed by atoms with Gasteiger partial charge in [-0.15, -0.1) is 0 Å². The Morgan fingerprint density at radius 1 is 1.53 bits per heavy atom. The van der Waals surface area contributed by atoms with Crippen molar-refractivity contribution in [3.63, 3.8) is 0 Å². The highest BCUT2D eigenvalue weighted by Gasteiger charge is 2.28. The molecule has 0 spiro atoms. The minimum atomic E-state index is -0.245. The van der Waals surface area contributed by atoms with E-state index in [-0.39, 0.29) is 11.9 Å². The van der Waals surface area contributed by atoms with Gasteiger partial charge in [-0.2, -0.15) is 0 Å². The molecule has 5 heteroatoms. The maximum absolute atomic E-state index is 11.6. The number of nitrogens with one attached hydrogen (secondary N) is 1. The molecule has 0 saturated carbocycles. The summed E-state index contributed by atoms with van der Waals surface area (Å²) in [6.45, 7) is 1.59. The molecule has 104 valence electrons. The Bertz CT molecular complexity index is 464. The Labute approximate surface area is 118 Å². The fraction of sp³-hybridized carbons (Fsp3) is 0.500. The molecule has 1 aliphatic rings. The second kappa shape index (κ2) is 6.26. The average molecular weight is 282 g/mol. The van der Waals surface area contributed by atoms with Gasteiger partial charge in [-0.05, 0) is 50.1 Å². The number of carbonyl (C=O) groups is 1. The summed E-state index contributed by atoms with van der Waals surface area (Å²) in [4.78, 5) is 13.7. The van der Waals surface area contributed by atoms with Crippen molar-refractivity contribution in [2.75, 3.05) is 18.5 Å². The van der Waals surface area contributed by atoms with Crippen molar-refractivity contribution in [1.29, 1.82) is 0 Å². The number of benzene rings is 1. The molecule has 1 aliphatic heterocycles. The van der Waals surface area contributed by atoms with Crippen LogP contribution in [-0.2, 0) is 11.3 Å². The summed E-state index contributed by atoms with van der Waals surface area (Å²) < 4.78 is 0. The number of rotatable bonds is 4. The first kappa shape index (κ1) is 14.2. The zero-order chi connectivity index (χ0) is 13.8. The Kier molecular flexibility index (Phi) is 4.66. The molecule has 1 fully saturated rings. The zero-order valence-electron chi connectivity index (χ0n) is 11.2. The van der Waals surface area contributed by atoms with E-state index in [9.17, 15) is 4.79 Å². The van der Waals surface area contributed by atoms with E-state index in [2.05, 4.69) is 10.2 Å². The molecule has 1 unspecified atom stereocenters. The number of nitrogens with two attached hydrogens (primary N) is 1. The van der Waals surface area contributed by atoms with Crippen LogP contribution in [0, 0.1) is 0 Å². The van der Waals surface area contributed by atoms with Gasteiger partial charge in [0.2, 0.25) is 5.91 Å². The lowest BCUT2D eigenvalue weighted by molar-refractivity contribution is -0.119. The first-order chi connectivity index (χ1) is 9.13. The second-order valence-corrected chi connectivity index (χ2v) is 5.35. The van der Waals surface area contributed by atoms with Gasteiger partial charge in [0, 0.05) is 23.8 Å². The Balaban J connectivity index is 2.35. The molecule has 0 radical (unpaired) electrons. The molecule has 0 aliphatic carbocycles.